The van der Waals surface area contributed by atoms with Gasteiger partial charge in [0, 0.05) is 38.4 Å². The Morgan fingerprint density at radius 3 is 2.71 bits per heavy atom. The average Bonchev–Trinajstić information content (AvgIpc) is 3.07. The van der Waals surface area contributed by atoms with Crippen molar-refractivity contribution in [2.24, 2.45) is 7.05 Å². The van der Waals surface area contributed by atoms with Gasteiger partial charge in [-0.25, -0.2) is 19.9 Å². The smallest absolute Gasteiger partial charge is 0.257 e. The van der Waals surface area contributed by atoms with Crippen LogP contribution in [-0.4, -0.2) is 53.4 Å². The topological polar surface area (TPSA) is 89.7 Å². The number of aryl methyl sites for hydroxylation is 2. The highest BCUT2D eigenvalue weighted by molar-refractivity contribution is 5.95. The Labute approximate surface area is 163 Å². The summed E-state index contributed by atoms with van der Waals surface area (Å²) >= 11 is 0. The first kappa shape index (κ1) is 18.2. The first-order valence-corrected chi connectivity index (χ1v) is 9.41. The van der Waals surface area contributed by atoms with E-state index in [1.165, 1.54) is 6.33 Å². The van der Waals surface area contributed by atoms with E-state index in [-0.39, 0.29) is 11.8 Å². The van der Waals surface area contributed by atoms with Gasteiger partial charge in [-0.15, -0.1) is 0 Å². The number of piperidine rings is 1. The van der Waals surface area contributed by atoms with Gasteiger partial charge in [0.05, 0.1) is 35.0 Å². The van der Waals surface area contributed by atoms with Crippen molar-refractivity contribution in [1.29, 1.82) is 0 Å². The minimum absolute atomic E-state index is 0.0193. The molecule has 3 aromatic heterocycles. The molecule has 0 N–H and O–H groups in total. The van der Waals surface area contributed by atoms with E-state index in [1.807, 2.05) is 42.8 Å². The molecule has 1 saturated heterocycles. The van der Waals surface area contributed by atoms with Crippen LogP contribution in [0.25, 0.3) is 11.4 Å². The number of aromatic nitrogens is 6. The van der Waals surface area contributed by atoms with Crippen LogP contribution in [0.2, 0.25) is 0 Å². The fourth-order valence-corrected chi connectivity index (χ4v) is 3.62. The van der Waals surface area contributed by atoms with E-state index < -0.39 is 0 Å². The second kappa shape index (κ2) is 7.46. The van der Waals surface area contributed by atoms with Crippen LogP contribution in [0.5, 0.6) is 0 Å². The van der Waals surface area contributed by atoms with Gasteiger partial charge >= 0.3 is 0 Å². The molecule has 0 aliphatic carbocycles. The van der Waals surface area contributed by atoms with Crippen LogP contribution in [-0.2, 0) is 7.05 Å². The standard InChI is InChI=1S/C20H23N7O/c1-13-16(7-22-12-24-13)20(28)27-6-4-5-15(11-27)17-8-21-9-18(25-17)19-10-23-14(2)26(19)3/h7-10,12,15H,4-6,11H2,1-3H3/t15-/m0/s1. The fraction of sp³-hybridized carbons (Fsp3) is 0.400. The molecule has 8 heteroatoms. The first-order valence-electron chi connectivity index (χ1n) is 9.41. The molecular formula is C20H23N7O. The van der Waals surface area contributed by atoms with Gasteiger partial charge in [-0.05, 0) is 26.7 Å². The summed E-state index contributed by atoms with van der Waals surface area (Å²) in [5.41, 5.74) is 3.92. The van der Waals surface area contributed by atoms with Crippen molar-refractivity contribution >= 4 is 5.91 Å². The molecule has 28 heavy (non-hydrogen) atoms. The van der Waals surface area contributed by atoms with E-state index in [9.17, 15) is 4.79 Å². The molecule has 1 aliphatic rings. The molecular weight excluding hydrogens is 354 g/mol. The molecule has 144 valence electrons. The summed E-state index contributed by atoms with van der Waals surface area (Å²) in [4.78, 5) is 36.5. The molecule has 1 fully saturated rings. The molecule has 0 bridgehead atoms. The number of nitrogens with zero attached hydrogens (tertiary/aromatic N) is 7. The number of imidazole rings is 1. The molecule has 1 amide bonds. The molecule has 1 aliphatic heterocycles. The minimum atomic E-state index is -0.0193. The Kier molecular flexibility index (Phi) is 4.85. The molecule has 8 nitrogen and oxygen atoms in total. The van der Waals surface area contributed by atoms with E-state index in [0.717, 1.165) is 42.3 Å². The number of amides is 1. The maximum Gasteiger partial charge on any atom is 0.257 e. The van der Waals surface area contributed by atoms with Gasteiger partial charge in [-0.1, -0.05) is 0 Å². The Morgan fingerprint density at radius 1 is 1.11 bits per heavy atom. The summed E-state index contributed by atoms with van der Waals surface area (Å²) in [6.45, 7) is 5.15. The molecule has 0 saturated carbocycles. The Hall–Kier alpha value is -3.16. The van der Waals surface area contributed by atoms with Gasteiger partial charge in [0.25, 0.3) is 5.91 Å². The number of rotatable bonds is 3. The van der Waals surface area contributed by atoms with Crippen LogP contribution in [0, 0.1) is 13.8 Å². The van der Waals surface area contributed by atoms with E-state index in [2.05, 4.69) is 19.9 Å². The lowest BCUT2D eigenvalue weighted by Gasteiger charge is -2.32. The number of carbonyl (C=O) groups excluding carboxylic acids is 1. The van der Waals surface area contributed by atoms with Crippen LogP contribution in [0.1, 0.15) is 46.3 Å². The lowest BCUT2D eigenvalue weighted by Crippen LogP contribution is -2.39. The van der Waals surface area contributed by atoms with Crippen molar-refractivity contribution in [3.8, 4) is 11.4 Å². The highest BCUT2D eigenvalue weighted by Crippen LogP contribution is 2.28. The summed E-state index contributed by atoms with van der Waals surface area (Å²) in [5, 5.41) is 0. The van der Waals surface area contributed by atoms with Crippen molar-refractivity contribution in [2.75, 3.05) is 13.1 Å². The van der Waals surface area contributed by atoms with Gasteiger partial charge in [0.15, 0.2) is 0 Å². The van der Waals surface area contributed by atoms with Gasteiger partial charge in [-0.3, -0.25) is 9.78 Å². The van der Waals surface area contributed by atoms with Crippen molar-refractivity contribution in [3.05, 3.63) is 53.9 Å². The minimum Gasteiger partial charge on any atom is -0.338 e. The zero-order chi connectivity index (χ0) is 19.7. The highest BCUT2D eigenvalue weighted by Gasteiger charge is 2.28. The van der Waals surface area contributed by atoms with Crippen molar-refractivity contribution < 1.29 is 4.79 Å². The largest absolute Gasteiger partial charge is 0.338 e. The lowest BCUT2D eigenvalue weighted by atomic mass is 9.94. The van der Waals surface area contributed by atoms with Gasteiger partial charge in [-0.2, -0.15) is 0 Å². The van der Waals surface area contributed by atoms with E-state index in [1.54, 1.807) is 12.4 Å². The SMILES string of the molecule is Cc1ncncc1C(=O)N1CCC[C@H](c2cncc(-c3cnc(C)n3C)n2)C1. The number of hydrogen-bond acceptors (Lipinski definition) is 6. The van der Waals surface area contributed by atoms with Crippen molar-refractivity contribution in [1.82, 2.24) is 34.4 Å². The monoisotopic (exact) mass is 377 g/mol. The van der Waals surface area contributed by atoms with E-state index in [4.69, 9.17) is 4.98 Å². The Morgan fingerprint density at radius 2 is 1.96 bits per heavy atom. The first-order chi connectivity index (χ1) is 13.5. The highest BCUT2D eigenvalue weighted by atomic mass is 16.2. The third-order valence-corrected chi connectivity index (χ3v) is 5.40. The third-order valence-electron chi connectivity index (χ3n) is 5.40. The lowest BCUT2D eigenvalue weighted by molar-refractivity contribution is 0.0704. The van der Waals surface area contributed by atoms with Crippen LogP contribution in [0.15, 0.2) is 31.1 Å². The third kappa shape index (κ3) is 3.37. The van der Waals surface area contributed by atoms with Gasteiger partial charge in [0.1, 0.15) is 17.8 Å². The summed E-state index contributed by atoms with van der Waals surface area (Å²) in [6, 6.07) is 0. The number of likely N-dealkylation sites (tertiary alicyclic amines) is 1. The predicted octanol–water partition coefficient (Wildman–Crippen LogP) is 2.30. The van der Waals surface area contributed by atoms with Gasteiger partial charge in [0.2, 0.25) is 0 Å². The van der Waals surface area contributed by atoms with Crippen molar-refractivity contribution in [3.63, 3.8) is 0 Å². The summed E-state index contributed by atoms with van der Waals surface area (Å²) in [7, 11) is 1.97. The predicted molar refractivity (Wildman–Crippen MR) is 104 cm³/mol. The maximum atomic E-state index is 12.9. The van der Waals surface area contributed by atoms with Gasteiger partial charge < -0.3 is 9.47 Å². The van der Waals surface area contributed by atoms with E-state index >= 15 is 0 Å². The Balaban J connectivity index is 1.57. The molecule has 4 heterocycles. The molecule has 0 radical (unpaired) electrons. The number of carbonyl (C=O) groups is 1. The fourth-order valence-electron chi connectivity index (χ4n) is 3.62. The van der Waals surface area contributed by atoms with Crippen LogP contribution < -0.4 is 0 Å². The van der Waals surface area contributed by atoms with Crippen LogP contribution >= 0.6 is 0 Å². The van der Waals surface area contributed by atoms with E-state index in [0.29, 0.717) is 17.8 Å². The molecule has 1 atom stereocenters. The van der Waals surface area contributed by atoms with Crippen LogP contribution in [0.3, 0.4) is 0 Å². The quantitative estimate of drug-likeness (QED) is 0.696. The van der Waals surface area contributed by atoms with Crippen LogP contribution in [0.4, 0.5) is 0 Å². The molecule has 0 aromatic carbocycles. The summed E-state index contributed by atoms with van der Waals surface area (Å²) in [5.74, 6) is 1.07. The zero-order valence-electron chi connectivity index (χ0n) is 16.3. The molecule has 4 rings (SSSR count). The normalized spacial score (nSPS) is 17.0. The second-order valence-electron chi connectivity index (χ2n) is 7.19. The molecule has 0 spiro atoms. The molecule has 3 aromatic rings. The summed E-state index contributed by atoms with van der Waals surface area (Å²) in [6.07, 6.45) is 10.4. The second-order valence-corrected chi connectivity index (χ2v) is 7.19. The zero-order valence-corrected chi connectivity index (χ0v) is 16.3. The van der Waals surface area contributed by atoms with Crippen molar-refractivity contribution in [2.45, 2.75) is 32.6 Å². The maximum absolute atomic E-state index is 12.9. The average molecular weight is 377 g/mol. The Bertz CT molecular complexity index is 1010. The summed E-state index contributed by atoms with van der Waals surface area (Å²) < 4.78 is 2.00. The number of hydrogen-bond donors (Lipinski definition) is 0. The molecule has 0 unspecified atom stereocenters.